The Kier molecular flexibility index (Phi) is 17.6. The zero-order chi connectivity index (χ0) is 16.3. The second kappa shape index (κ2) is 18.3. The number of carbonyl (C=O) groups is 1. The van der Waals surface area contributed by atoms with Crippen LogP contribution in [-0.4, -0.2) is 12.6 Å². The smallest absolute Gasteiger partial charge is 0.305 e. The fraction of sp³-hybridized carbons (Fsp3) is 0.850. The molecule has 0 spiro atoms. The number of unbranched alkanes of at least 4 members (excludes halogenated alkanes) is 11. The molecule has 2 heteroatoms. The molecule has 0 atom stereocenters. The highest BCUT2D eigenvalue weighted by molar-refractivity contribution is 5.69. The van der Waals surface area contributed by atoms with Crippen LogP contribution in [0.15, 0.2) is 12.2 Å². The fourth-order valence-corrected chi connectivity index (χ4v) is 2.57. The third-order valence-corrected chi connectivity index (χ3v) is 3.95. The zero-order valence-corrected chi connectivity index (χ0v) is 15.1. The molecule has 0 aromatic heterocycles. The van der Waals surface area contributed by atoms with Crippen LogP contribution < -0.4 is 0 Å². The summed E-state index contributed by atoms with van der Waals surface area (Å²) in [5.41, 5.74) is 0. The summed E-state index contributed by atoms with van der Waals surface area (Å²) in [6, 6.07) is 0. The number of hydrogen-bond acceptors (Lipinski definition) is 2. The monoisotopic (exact) mass is 310 g/mol. The van der Waals surface area contributed by atoms with E-state index in [1.54, 1.807) is 0 Å². The topological polar surface area (TPSA) is 26.3 Å². The lowest BCUT2D eigenvalue weighted by molar-refractivity contribution is -0.143. The molecule has 0 fully saturated rings. The van der Waals surface area contributed by atoms with Gasteiger partial charge in [-0.25, -0.2) is 0 Å². The van der Waals surface area contributed by atoms with Crippen LogP contribution in [0.1, 0.15) is 104 Å². The van der Waals surface area contributed by atoms with Crippen molar-refractivity contribution >= 4 is 5.97 Å². The van der Waals surface area contributed by atoms with Gasteiger partial charge in [-0.05, 0) is 39.0 Å². The Morgan fingerprint density at radius 3 is 1.77 bits per heavy atom. The van der Waals surface area contributed by atoms with Gasteiger partial charge in [0.25, 0.3) is 0 Å². The van der Waals surface area contributed by atoms with Crippen LogP contribution in [0, 0.1) is 0 Å². The van der Waals surface area contributed by atoms with Gasteiger partial charge in [0.1, 0.15) is 0 Å². The van der Waals surface area contributed by atoms with Crippen LogP contribution in [-0.2, 0) is 9.53 Å². The van der Waals surface area contributed by atoms with Crippen molar-refractivity contribution in [3.63, 3.8) is 0 Å². The molecule has 0 amide bonds. The van der Waals surface area contributed by atoms with Crippen molar-refractivity contribution < 1.29 is 9.53 Å². The summed E-state index contributed by atoms with van der Waals surface area (Å²) in [5, 5.41) is 0. The van der Waals surface area contributed by atoms with Gasteiger partial charge in [-0.3, -0.25) is 4.79 Å². The molecule has 0 rings (SSSR count). The molecule has 0 aliphatic carbocycles. The summed E-state index contributed by atoms with van der Waals surface area (Å²) in [5.74, 6) is -0.0395. The van der Waals surface area contributed by atoms with Crippen LogP contribution in [0.2, 0.25) is 0 Å². The Morgan fingerprint density at radius 1 is 0.727 bits per heavy atom. The quantitative estimate of drug-likeness (QED) is 0.183. The molecule has 2 nitrogen and oxygen atoms in total. The van der Waals surface area contributed by atoms with Gasteiger partial charge in [-0.2, -0.15) is 0 Å². The van der Waals surface area contributed by atoms with Crippen molar-refractivity contribution in [2.24, 2.45) is 0 Å². The summed E-state index contributed by atoms with van der Waals surface area (Å²) in [4.78, 5) is 11.1. The number of hydrogen-bond donors (Lipinski definition) is 0. The van der Waals surface area contributed by atoms with Crippen LogP contribution >= 0.6 is 0 Å². The standard InChI is InChI=1S/C20H38O2/c1-3-5-6-7-8-9-10-11-12-13-14-15-16-17-18-19-20(21)22-4-2/h10-11H,3-9,12-19H2,1-2H3/b11-10-. The molecule has 0 aromatic carbocycles. The van der Waals surface area contributed by atoms with E-state index >= 15 is 0 Å². The predicted molar refractivity (Wildman–Crippen MR) is 96.1 cm³/mol. The van der Waals surface area contributed by atoms with Gasteiger partial charge in [0, 0.05) is 6.42 Å². The van der Waals surface area contributed by atoms with Crippen molar-refractivity contribution in [2.45, 2.75) is 104 Å². The molecule has 0 saturated heterocycles. The first-order chi connectivity index (χ1) is 10.8. The molecule has 0 aliphatic heterocycles. The summed E-state index contributed by atoms with van der Waals surface area (Å²) >= 11 is 0. The second-order valence-corrected chi connectivity index (χ2v) is 6.14. The van der Waals surface area contributed by atoms with E-state index in [0.717, 1.165) is 12.8 Å². The van der Waals surface area contributed by atoms with E-state index in [-0.39, 0.29) is 5.97 Å². The van der Waals surface area contributed by atoms with Crippen LogP contribution in [0.4, 0.5) is 0 Å². The van der Waals surface area contributed by atoms with Crippen molar-refractivity contribution in [3.8, 4) is 0 Å². The van der Waals surface area contributed by atoms with Gasteiger partial charge < -0.3 is 4.74 Å². The number of carbonyl (C=O) groups excluding carboxylic acids is 1. The lowest BCUT2D eigenvalue weighted by Gasteiger charge is -2.02. The lowest BCUT2D eigenvalue weighted by Crippen LogP contribution is -2.03. The fourth-order valence-electron chi connectivity index (χ4n) is 2.57. The lowest BCUT2D eigenvalue weighted by atomic mass is 10.1. The van der Waals surface area contributed by atoms with Gasteiger partial charge in [0.15, 0.2) is 0 Å². The molecule has 0 aliphatic rings. The Bertz CT molecular complexity index is 258. The number of rotatable bonds is 16. The van der Waals surface area contributed by atoms with Crippen LogP contribution in [0.3, 0.4) is 0 Å². The van der Waals surface area contributed by atoms with Gasteiger partial charge in [-0.15, -0.1) is 0 Å². The number of allylic oxidation sites excluding steroid dienone is 2. The maximum absolute atomic E-state index is 11.1. The predicted octanol–water partition coefficient (Wildman–Crippen LogP) is 6.59. The van der Waals surface area contributed by atoms with E-state index in [9.17, 15) is 4.79 Å². The molecule has 22 heavy (non-hydrogen) atoms. The first-order valence-corrected chi connectivity index (χ1v) is 9.61. The molecular formula is C20H38O2. The SMILES string of the molecule is CCCCCCC/C=C\CCCCCCCCC(=O)OCC. The van der Waals surface area contributed by atoms with Gasteiger partial charge in [0.2, 0.25) is 0 Å². The third kappa shape index (κ3) is 17.3. The summed E-state index contributed by atoms with van der Waals surface area (Å²) in [7, 11) is 0. The highest BCUT2D eigenvalue weighted by atomic mass is 16.5. The Morgan fingerprint density at radius 2 is 1.23 bits per heavy atom. The van der Waals surface area contributed by atoms with Crippen molar-refractivity contribution in [1.29, 1.82) is 0 Å². The van der Waals surface area contributed by atoms with E-state index in [1.807, 2.05) is 6.92 Å². The first kappa shape index (κ1) is 21.2. The number of esters is 1. The number of ether oxygens (including phenoxy) is 1. The largest absolute Gasteiger partial charge is 0.466 e. The average Bonchev–Trinajstić information content (AvgIpc) is 2.51. The van der Waals surface area contributed by atoms with E-state index < -0.39 is 0 Å². The molecular weight excluding hydrogens is 272 g/mol. The molecule has 130 valence electrons. The van der Waals surface area contributed by atoms with Crippen LogP contribution in [0.25, 0.3) is 0 Å². The van der Waals surface area contributed by atoms with Gasteiger partial charge in [0.05, 0.1) is 6.61 Å². The third-order valence-electron chi connectivity index (χ3n) is 3.95. The van der Waals surface area contributed by atoms with E-state index in [2.05, 4.69) is 19.1 Å². The highest BCUT2D eigenvalue weighted by Gasteiger charge is 2.00. The minimum absolute atomic E-state index is 0.0395. The second-order valence-electron chi connectivity index (χ2n) is 6.14. The first-order valence-electron chi connectivity index (χ1n) is 9.61. The van der Waals surface area contributed by atoms with E-state index in [0.29, 0.717) is 13.0 Å². The zero-order valence-electron chi connectivity index (χ0n) is 15.1. The maximum Gasteiger partial charge on any atom is 0.305 e. The van der Waals surface area contributed by atoms with Gasteiger partial charge in [-0.1, -0.05) is 70.4 Å². The van der Waals surface area contributed by atoms with E-state index in [1.165, 1.54) is 70.6 Å². The molecule has 0 aromatic rings. The Hall–Kier alpha value is -0.790. The highest BCUT2D eigenvalue weighted by Crippen LogP contribution is 2.10. The summed E-state index contributed by atoms with van der Waals surface area (Å²) in [6.07, 6.45) is 22.0. The molecule has 0 bridgehead atoms. The average molecular weight is 311 g/mol. The van der Waals surface area contributed by atoms with Crippen molar-refractivity contribution in [1.82, 2.24) is 0 Å². The van der Waals surface area contributed by atoms with Crippen molar-refractivity contribution in [3.05, 3.63) is 12.2 Å². The normalized spacial score (nSPS) is 11.2. The maximum atomic E-state index is 11.1. The summed E-state index contributed by atoms with van der Waals surface area (Å²) in [6.45, 7) is 4.63. The molecule has 0 radical (unpaired) electrons. The molecule has 0 heterocycles. The molecule has 0 N–H and O–H groups in total. The summed E-state index contributed by atoms with van der Waals surface area (Å²) < 4.78 is 4.91. The Labute approximate surface area is 138 Å². The van der Waals surface area contributed by atoms with Crippen LogP contribution in [0.5, 0.6) is 0 Å². The van der Waals surface area contributed by atoms with Gasteiger partial charge >= 0.3 is 5.97 Å². The minimum Gasteiger partial charge on any atom is -0.466 e. The Balaban J connectivity index is 3.12. The molecule has 0 saturated carbocycles. The van der Waals surface area contributed by atoms with E-state index in [4.69, 9.17) is 4.74 Å². The molecule has 0 unspecified atom stereocenters. The minimum atomic E-state index is -0.0395. The van der Waals surface area contributed by atoms with Crippen molar-refractivity contribution in [2.75, 3.05) is 6.61 Å².